The van der Waals surface area contributed by atoms with Crippen molar-refractivity contribution in [1.82, 2.24) is 14.3 Å². The predicted octanol–water partition coefficient (Wildman–Crippen LogP) is 0.585. The van der Waals surface area contributed by atoms with Gasteiger partial charge >= 0.3 is 0 Å². The van der Waals surface area contributed by atoms with Gasteiger partial charge in [-0.3, -0.25) is 14.5 Å². The van der Waals surface area contributed by atoms with E-state index < -0.39 is 6.04 Å². The average molecular weight is 252 g/mol. The van der Waals surface area contributed by atoms with E-state index in [2.05, 4.69) is 14.7 Å². The zero-order valence-electron chi connectivity index (χ0n) is 9.34. The molecule has 0 bridgehead atoms. The molecule has 2 fully saturated rings. The zero-order chi connectivity index (χ0) is 12.0. The minimum atomic E-state index is -0.479. The van der Waals surface area contributed by atoms with Crippen LogP contribution in [0, 0.1) is 0 Å². The predicted molar refractivity (Wildman–Crippen MR) is 61.7 cm³/mol. The summed E-state index contributed by atoms with van der Waals surface area (Å²) < 4.78 is 4.24. The van der Waals surface area contributed by atoms with E-state index in [9.17, 15) is 9.59 Å². The van der Waals surface area contributed by atoms with Crippen LogP contribution in [0.4, 0.5) is 5.13 Å². The highest BCUT2D eigenvalue weighted by molar-refractivity contribution is 7.09. The van der Waals surface area contributed by atoms with Crippen molar-refractivity contribution >= 4 is 28.5 Å². The summed E-state index contributed by atoms with van der Waals surface area (Å²) in [5.41, 5.74) is 0. The SMILES string of the molecule is CN1C(=O)CC(Nc2nc(C3CC3)ns2)C1=O. The molecule has 1 N–H and O–H groups in total. The topological polar surface area (TPSA) is 75.2 Å². The molecule has 1 aliphatic carbocycles. The highest BCUT2D eigenvalue weighted by Crippen LogP contribution is 2.39. The van der Waals surface area contributed by atoms with Crippen LogP contribution >= 0.6 is 11.5 Å². The largest absolute Gasteiger partial charge is 0.348 e. The smallest absolute Gasteiger partial charge is 0.251 e. The lowest BCUT2D eigenvalue weighted by molar-refractivity contribution is -0.136. The molecule has 1 aliphatic heterocycles. The van der Waals surface area contributed by atoms with Gasteiger partial charge in [0.15, 0.2) is 0 Å². The van der Waals surface area contributed by atoms with Gasteiger partial charge in [0.25, 0.3) is 5.91 Å². The zero-order valence-corrected chi connectivity index (χ0v) is 10.2. The van der Waals surface area contributed by atoms with Gasteiger partial charge in [-0.15, -0.1) is 0 Å². The second-order valence-electron chi connectivity index (χ2n) is 4.42. The van der Waals surface area contributed by atoms with E-state index >= 15 is 0 Å². The summed E-state index contributed by atoms with van der Waals surface area (Å²) in [6, 6.07) is -0.479. The lowest BCUT2D eigenvalue weighted by Gasteiger charge is -2.08. The van der Waals surface area contributed by atoms with Crippen molar-refractivity contribution in [2.24, 2.45) is 0 Å². The van der Waals surface area contributed by atoms with Crippen molar-refractivity contribution in [1.29, 1.82) is 0 Å². The lowest BCUT2D eigenvalue weighted by atomic mass is 10.2. The van der Waals surface area contributed by atoms with Crippen LogP contribution in [0.15, 0.2) is 0 Å². The van der Waals surface area contributed by atoms with E-state index in [0.717, 1.165) is 23.6 Å². The van der Waals surface area contributed by atoms with Crippen LogP contribution in [0.3, 0.4) is 0 Å². The fourth-order valence-corrected chi connectivity index (χ4v) is 2.52. The molecule has 90 valence electrons. The molecule has 0 spiro atoms. The summed E-state index contributed by atoms with van der Waals surface area (Å²) in [6.45, 7) is 0. The van der Waals surface area contributed by atoms with E-state index in [0.29, 0.717) is 11.0 Å². The Morgan fingerprint density at radius 1 is 1.41 bits per heavy atom. The Hall–Kier alpha value is -1.50. The third-order valence-corrected chi connectivity index (χ3v) is 3.72. The van der Waals surface area contributed by atoms with Crippen LogP contribution in [0.1, 0.15) is 31.0 Å². The third-order valence-electron chi connectivity index (χ3n) is 3.06. The fraction of sp³-hybridized carbons (Fsp3) is 0.600. The number of imide groups is 1. The Bertz CT molecular complexity index is 482. The summed E-state index contributed by atoms with van der Waals surface area (Å²) in [4.78, 5) is 28.5. The van der Waals surface area contributed by atoms with Gasteiger partial charge in [0, 0.05) is 24.5 Å². The van der Waals surface area contributed by atoms with E-state index in [1.54, 1.807) is 0 Å². The minimum absolute atomic E-state index is 0.153. The Labute approximate surface area is 102 Å². The van der Waals surface area contributed by atoms with Crippen molar-refractivity contribution in [3.8, 4) is 0 Å². The van der Waals surface area contributed by atoms with Gasteiger partial charge in [0.2, 0.25) is 11.0 Å². The molecule has 1 aromatic rings. The monoisotopic (exact) mass is 252 g/mol. The number of hydrogen-bond donors (Lipinski definition) is 1. The molecule has 3 rings (SSSR count). The second kappa shape index (κ2) is 3.76. The number of hydrogen-bond acceptors (Lipinski definition) is 6. The molecule has 1 atom stereocenters. The van der Waals surface area contributed by atoms with Crippen LogP contribution < -0.4 is 5.32 Å². The van der Waals surface area contributed by atoms with Gasteiger partial charge in [-0.25, -0.2) is 4.98 Å². The van der Waals surface area contributed by atoms with Crippen LogP contribution in [0.25, 0.3) is 0 Å². The third kappa shape index (κ3) is 1.90. The molecule has 1 aromatic heterocycles. The number of aromatic nitrogens is 2. The first-order chi connectivity index (χ1) is 8.15. The summed E-state index contributed by atoms with van der Waals surface area (Å²) >= 11 is 1.25. The van der Waals surface area contributed by atoms with Crippen molar-refractivity contribution in [3.63, 3.8) is 0 Å². The minimum Gasteiger partial charge on any atom is -0.348 e. The quantitative estimate of drug-likeness (QED) is 0.797. The number of rotatable bonds is 3. The number of likely N-dealkylation sites (tertiary alicyclic amines) is 1. The fourth-order valence-electron chi connectivity index (χ4n) is 1.82. The summed E-state index contributed by atoms with van der Waals surface area (Å²) in [7, 11) is 1.50. The highest BCUT2D eigenvalue weighted by atomic mass is 32.1. The van der Waals surface area contributed by atoms with Crippen LogP contribution in [0.5, 0.6) is 0 Å². The van der Waals surface area contributed by atoms with Gasteiger partial charge in [-0.1, -0.05) is 0 Å². The molecular weight excluding hydrogens is 240 g/mol. The summed E-state index contributed by atoms with van der Waals surface area (Å²) in [5.74, 6) is 1.02. The standard InChI is InChI=1S/C10H12N4O2S/c1-14-7(15)4-6(9(14)16)11-10-12-8(13-17-10)5-2-3-5/h5-6H,2-4H2,1H3,(H,11,12,13). The number of anilines is 1. The van der Waals surface area contributed by atoms with E-state index in [1.165, 1.54) is 18.6 Å². The van der Waals surface area contributed by atoms with Gasteiger partial charge in [-0.05, 0) is 12.8 Å². The maximum atomic E-state index is 11.7. The molecule has 1 unspecified atom stereocenters. The van der Waals surface area contributed by atoms with Gasteiger partial charge in [0.1, 0.15) is 11.9 Å². The maximum absolute atomic E-state index is 11.7. The maximum Gasteiger partial charge on any atom is 0.251 e. The lowest BCUT2D eigenvalue weighted by Crippen LogP contribution is -2.31. The molecule has 17 heavy (non-hydrogen) atoms. The Kier molecular flexibility index (Phi) is 2.36. The number of nitrogens with one attached hydrogen (secondary N) is 1. The molecule has 1 saturated heterocycles. The van der Waals surface area contributed by atoms with E-state index in [-0.39, 0.29) is 18.2 Å². The molecule has 0 radical (unpaired) electrons. The van der Waals surface area contributed by atoms with Crippen molar-refractivity contribution in [3.05, 3.63) is 5.82 Å². The second-order valence-corrected chi connectivity index (χ2v) is 5.18. The first kappa shape index (κ1) is 10.6. The Balaban J connectivity index is 1.70. The van der Waals surface area contributed by atoms with Gasteiger partial charge in [0.05, 0.1) is 6.42 Å². The number of carbonyl (C=O) groups excluding carboxylic acids is 2. The number of amides is 2. The van der Waals surface area contributed by atoms with Crippen LogP contribution in [0.2, 0.25) is 0 Å². The van der Waals surface area contributed by atoms with E-state index in [1.807, 2.05) is 0 Å². The van der Waals surface area contributed by atoms with Crippen LogP contribution in [-0.2, 0) is 9.59 Å². The van der Waals surface area contributed by atoms with Crippen molar-refractivity contribution in [2.75, 3.05) is 12.4 Å². The van der Waals surface area contributed by atoms with E-state index in [4.69, 9.17) is 0 Å². The Morgan fingerprint density at radius 3 is 2.76 bits per heavy atom. The number of carbonyl (C=O) groups is 2. The molecule has 7 heteroatoms. The van der Waals surface area contributed by atoms with Crippen molar-refractivity contribution in [2.45, 2.75) is 31.2 Å². The average Bonchev–Trinajstić information content (AvgIpc) is 3.02. The highest BCUT2D eigenvalue weighted by Gasteiger charge is 2.36. The summed E-state index contributed by atoms with van der Waals surface area (Å²) in [5, 5.41) is 3.62. The Morgan fingerprint density at radius 2 is 2.18 bits per heavy atom. The van der Waals surface area contributed by atoms with Crippen molar-refractivity contribution < 1.29 is 9.59 Å². The first-order valence-corrected chi connectivity index (χ1v) is 6.33. The van der Waals surface area contributed by atoms with Crippen LogP contribution in [-0.4, -0.2) is 39.2 Å². The number of likely N-dealkylation sites (N-methyl/N-ethyl adjacent to an activating group) is 1. The molecule has 6 nitrogen and oxygen atoms in total. The van der Waals surface area contributed by atoms with Gasteiger partial charge in [-0.2, -0.15) is 4.37 Å². The summed E-state index contributed by atoms with van der Waals surface area (Å²) in [6.07, 6.45) is 2.51. The molecule has 1 saturated carbocycles. The van der Waals surface area contributed by atoms with Gasteiger partial charge < -0.3 is 5.32 Å². The molecular formula is C10H12N4O2S. The molecule has 2 aliphatic rings. The molecule has 0 aromatic carbocycles. The molecule has 2 amide bonds. The number of nitrogens with zero attached hydrogens (tertiary/aromatic N) is 3. The molecule has 2 heterocycles. The first-order valence-electron chi connectivity index (χ1n) is 5.55. The normalized spacial score (nSPS) is 24.5.